The Kier molecular flexibility index (Phi) is 304. The molecule has 9 atom stereocenters. The van der Waals surface area contributed by atoms with Gasteiger partial charge in [0.2, 0.25) is 0 Å². The lowest BCUT2D eigenvalue weighted by atomic mass is 10.1. The number of carbonyl (C=O) groups is 4. The molecule has 0 radical (unpaired) electrons. The molecular formula is C91H197NO17S32. The van der Waals surface area contributed by atoms with Gasteiger partial charge in [-0.3, -0.25) is 0 Å². The van der Waals surface area contributed by atoms with Gasteiger partial charge < -0.3 is 92.7 Å². The Morgan fingerprint density at radius 3 is 0.837 bits per heavy atom. The minimum atomic E-state index is -0.740. The summed E-state index contributed by atoms with van der Waals surface area (Å²) in [5.74, 6) is 22.5. The Morgan fingerprint density at radius 1 is 0.369 bits per heavy atom. The molecule has 50 heteroatoms. The van der Waals surface area contributed by atoms with Crippen LogP contribution in [0, 0.1) is 0 Å². The first-order valence-electron chi connectivity index (χ1n) is 43.6. The number of carbonyl (C=O) groups excluding carboxylic acids is 4. The van der Waals surface area contributed by atoms with Crippen molar-refractivity contribution in [3.05, 3.63) is 144 Å². The summed E-state index contributed by atoms with van der Waals surface area (Å²) in [6.45, 7) is 19.8. The first kappa shape index (κ1) is 204. The molecule has 0 aliphatic rings. The number of unbranched alkanes of at least 4 members (excludes halogenated alkanes) is 10. The fourth-order valence-electron chi connectivity index (χ4n) is 6.37. The quantitative estimate of drug-likeness (QED) is 0.0127. The SMILES string of the molecule is C/C=C/S.C=CC.C=CCS.C=CCS/C=C/C.O.O.O.O.O.O.O=CC[C@H](S)C=O.O=C[C@@H](S)CC[C@@H](S)C=O.O[C@@H](CS)[C@@H](O)CS.O[C@H](CS)[C@@H](O)CS.O[C@H](CS)[C@H](O)CS.S.SC/C=C/CCS.SCCCCCCCCCCS.SCCCCCS.SCCCCS.SCCCNCCCS.SCCOCCS.SCCSCCS.SCc1ccc(CS)cc1.SCc1ccccc1CS. The third-order valence-electron chi connectivity index (χ3n) is 13.6. The van der Waals surface area contributed by atoms with Crippen molar-refractivity contribution in [1.82, 2.24) is 5.32 Å². The number of thiol groups is 29. The zero-order chi connectivity index (χ0) is 106. The maximum atomic E-state index is 10.0. The summed E-state index contributed by atoms with van der Waals surface area (Å²) in [5, 5.41) is 58.6. The first-order valence-corrected chi connectivity index (χ1v) is 63.6. The molecule has 0 aliphatic heterocycles. The van der Waals surface area contributed by atoms with Gasteiger partial charge in [-0.2, -0.15) is 391 Å². The first-order chi connectivity index (χ1) is 64.5. The lowest BCUT2D eigenvalue weighted by Crippen LogP contribution is -2.28. The monoisotopic (exact) mass is 2600 g/mol. The minimum Gasteiger partial charge on any atom is -0.412 e. The molecule has 0 unspecified atom stereocenters. The van der Waals surface area contributed by atoms with Crippen LogP contribution in [0.5, 0.6) is 0 Å². The maximum Gasteiger partial charge on any atom is 0.133 e. The molecule has 2 rings (SSSR count). The lowest BCUT2D eigenvalue weighted by Gasteiger charge is -2.11. The molecule has 0 bridgehead atoms. The van der Waals surface area contributed by atoms with Crippen LogP contribution in [0.15, 0.2) is 122 Å². The Balaban J connectivity index is -0.0000000500. The fourth-order valence-corrected chi connectivity index (χ4v) is 13.1. The van der Waals surface area contributed by atoms with E-state index in [1.54, 1.807) is 29.3 Å². The van der Waals surface area contributed by atoms with Crippen LogP contribution < -0.4 is 5.32 Å². The fraction of sp³-hybridized carbons (Fsp3) is 0.692. The molecule has 2 aromatic rings. The van der Waals surface area contributed by atoms with E-state index in [0.29, 0.717) is 25.4 Å². The van der Waals surface area contributed by atoms with Crippen molar-refractivity contribution >= 4 is 428 Å². The molecule has 0 heterocycles. The average molecular weight is 2600 g/mol. The van der Waals surface area contributed by atoms with Crippen LogP contribution in [0.4, 0.5) is 0 Å². The summed E-state index contributed by atoms with van der Waals surface area (Å²) < 4.78 is 4.98. The van der Waals surface area contributed by atoms with E-state index in [2.05, 4.69) is 439 Å². The van der Waals surface area contributed by atoms with Gasteiger partial charge in [-0.1, -0.05) is 136 Å². The van der Waals surface area contributed by atoms with Crippen LogP contribution in [-0.2, 0) is 46.9 Å². The van der Waals surface area contributed by atoms with Gasteiger partial charge in [0.15, 0.2) is 0 Å². The molecule has 0 aromatic heterocycles. The Hall–Kier alpha value is 6.20. The van der Waals surface area contributed by atoms with E-state index in [1.807, 2.05) is 69.0 Å². The molecule has 0 amide bonds. The van der Waals surface area contributed by atoms with Crippen molar-refractivity contribution in [2.75, 3.05) is 164 Å². The van der Waals surface area contributed by atoms with Crippen LogP contribution in [-0.4, -0.2) is 305 Å². The van der Waals surface area contributed by atoms with Gasteiger partial charge >= 0.3 is 0 Å². The van der Waals surface area contributed by atoms with Gasteiger partial charge in [0, 0.05) is 104 Å². The zero-order valence-corrected chi connectivity index (χ0v) is 112. The predicted molar refractivity (Wildman–Crippen MR) is 750 cm³/mol. The molecule has 0 aliphatic carbocycles. The van der Waals surface area contributed by atoms with Crippen LogP contribution in [0.25, 0.3) is 0 Å². The third kappa shape index (κ3) is 237. The summed E-state index contributed by atoms with van der Waals surface area (Å²) in [5.41, 5.74) is 5.07. The van der Waals surface area contributed by atoms with Crippen molar-refractivity contribution in [3.63, 3.8) is 0 Å². The smallest absolute Gasteiger partial charge is 0.133 e. The second kappa shape index (κ2) is 210. The van der Waals surface area contributed by atoms with E-state index in [9.17, 15) is 19.2 Å². The Morgan fingerprint density at radius 2 is 0.645 bits per heavy atom. The summed E-state index contributed by atoms with van der Waals surface area (Å²) in [7, 11) is 0. The number of aliphatic hydroxyl groups is 6. The molecule has 141 heavy (non-hydrogen) atoms. The van der Waals surface area contributed by atoms with Crippen molar-refractivity contribution in [1.29, 1.82) is 0 Å². The van der Waals surface area contributed by atoms with Gasteiger partial charge in [-0.15, -0.1) is 31.5 Å². The average Bonchev–Trinajstić information content (AvgIpc) is 1.01. The number of aliphatic hydroxyl groups excluding tert-OH is 6. The molecule has 0 saturated carbocycles. The van der Waals surface area contributed by atoms with E-state index in [4.69, 9.17) is 35.4 Å². The molecule has 0 saturated heterocycles. The van der Waals surface area contributed by atoms with E-state index < -0.39 is 41.9 Å². The molecular weight excluding hydrogens is 2410 g/mol. The molecule has 19 N–H and O–H groups in total. The number of nitrogens with one attached hydrogen (secondary N) is 1. The van der Waals surface area contributed by atoms with E-state index >= 15 is 0 Å². The Labute approximate surface area is 1030 Å². The summed E-state index contributed by atoms with van der Waals surface area (Å²) in [4.78, 5) is 39.3. The van der Waals surface area contributed by atoms with Gasteiger partial charge in [0.1, 0.15) is 25.1 Å². The highest BCUT2D eigenvalue weighted by molar-refractivity contribution is 8.02. The van der Waals surface area contributed by atoms with E-state index in [1.165, 1.54) is 106 Å². The topological polar surface area (TPSA) is 400 Å². The second-order valence-corrected chi connectivity index (χ2v) is 39.8. The number of hydrogen-bond acceptors (Lipinski definition) is 43. The number of rotatable bonds is 58. The standard InChI is InChI=1S/C10H22S2.2C8H10S2.C6H15NS2.C6H10O2S2.C6H10S.C5H12S2.C5H10S2.3C4H10O2S2.C4H6O2S.C4H10OS2.C4H10S3.C4H10S2.2C3H6S.C3H6.6H2O.H2S/c11-9-7-5-3-1-2-4-6-8-10-12;9-5-7-1-2-8(6-10)4-3-7;9-5-7-3-1-2-4-8(7)6-10;8-5-1-3-7-4-2-6-9;7-3-5(9)1-2-6(10)4-8;1-3-5-7-6-4-2;2*6-4-2-1-3-5-7;3*5-3(1-7)4(6)2-8;5-2-1-4(7)3-6;6-3-1-5-2-4-7;5-1-3-7-4-2-6;5-3-1-2-4-6;2*1-2-3-4;1-3-2;;;;;;;/h11-12H,1-10H2;2*1-4,9-10H,5-6H2;7-9H,1-6H2;3-6,9-10H,1-2H2;3-4,6H,1,5H2,2H3;6-7H,1-5H2;1-2,6-7H,3-5H2;3*3-8H,1-2H2;2-4,7H,1H2;6-7H,1-4H2;5-6H,1-4H2;5-6H,1-4H2;2-4H,1H3;2,4H,1,3H2;3H,1H2,2H3;7*1H2/b;;;;;6-4+;;2-1+;;;;;;;;3-2+;;;;;;;;;/t;;;;5-,6+;;;;3-,4+;2*3-,4-;4-;;;;;;;;;;;;;/m.........100............./s1. The highest BCUT2D eigenvalue weighted by Gasteiger charge is 2.13. The number of hydrogen-bond donors (Lipinski definition) is 36. The molecule has 0 spiro atoms. The van der Waals surface area contributed by atoms with Crippen molar-refractivity contribution < 1.29 is 87.4 Å². The highest BCUT2D eigenvalue weighted by atomic mass is 32.2. The zero-order valence-electron chi connectivity index (χ0n) is 83.0. The molecule has 2 aromatic carbocycles. The third-order valence-corrected chi connectivity index (χ3v) is 25.2. The largest absolute Gasteiger partial charge is 0.412 e. The number of ether oxygens (including phenoxy) is 1. The lowest BCUT2D eigenvalue weighted by molar-refractivity contribution is -0.111. The van der Waals surface area contributed by atoms with Crippen molar-refractivity contribution in [3.8, 4) is 0 Å². The maximum absolute atomic E-state index is 10.0. The number of thioether (sulfide) groups is 2. The summed E-state index contributed by atoms with van der Waals surface area (Å²) >= 11 is 119. The summed E-state index contributed by atoms with van der Waals surface area (Å²) in [6.07, 6.45) is 33.7. The van der Waals surface area contributed by atoms with Crippen LogP contribution in [0.3, 0.4) is 0 Å². The van der Waals surface area contributed by atoms with Crippen LogP contribution >= 0.6 is 403 Å². The molecule has 0 fully saturated rings. The molecule has 18 nitrogen and oxygen atoms in total. The van der Waals surface area contributed by atoms with Gasteiger partial charge in [-0.25, -0.2) is 0 Å². The second-order valence-electron chi connectivity index (χ2n) is 25.4. The van der Waals surface area contributed by atoms with Gasteiger partial charge in [-0.05, 0) is 201 Å². The van der Waals surface area contributed by atoms with Gasteiger partial charge in [0.25, 0.3) is 0 Å². The predicted octanol–water partition coefficient (Wildman–Crippen LogP) is 19.0. The normalized spacial score (nSPS) is 11.1. The summed E-state index contributed by atoms with van der Waals surface area (Å²) in [6, 6.07) is 16.5. The van der Waals surface area contributed by atoms with Crippen LogP contribution in [0.2, 0.25) is 0 Å². The van der Waals surface area contributed by atoms with Crippen LogP contribution in [0.1, 0.15) is 165 Å². The molecule has 860 valence electrons. The Bertz CT molecular complexity index is 2300. The number of allylic oxidation sites excluding steroid dienone is 4. The van der Waals surface area contributed by atoms with Crippen molar-refractivity contribution in [2.24, 2.45) is 0 Å². The number of aldehydes is 4. The van der Waals surface area contributed by atoms with Crippen molar-refractivity contribution in [2.45, 2.75) is 218 Å². The van der Waals surface area contributed by atoms with E-state index in [-0.39, 0.29) is 97.8 Å². The van der Waals surface area contributed by atoms with E-state index in [0.717, 1.165) is 185 Å². The minimum absolute atomic E-state index is 0. The highest BCUT2D eigenvalue weighted by Crippen LogP contribution is 2.14. The number of benzene rings is 2. The van der Waals surface area contributed by atoms with Gasteiger partial charge in [0.05, 0.1) is 65.6 Å².